The van der Waals surface area contributed by atoms with Crippen molar-refractivity contribution in [3.8, 4) is 0 Å². The summed E-state index contributed by atoms with van der Waals surface area (Å²) < 4.78 is 0. The molecule has 114 valence electrons. The molecule has 2 unspecified atom stereocenters. The van der Waals surface area contributed by atoms with Crippen LogP contribution in [0, 0.1) is 5.92 Å². The molecule has 0 rings (SSSR count). The van der Waals surface area contributed by atoms with Crippen LogP contribution < -0.4 is 11.1 Å². The minimum Gasteiger partial charge on any atom is -0.349 e. The Morgan fingerprint density at radius 3 is 2.21 bits per heavy atom. The molecule has 0 aliphatic rings. The smallest absolute Gasteiger partial charge is 0.246 e. The Bertz CT molecular complexity index is 284. The molecule has 0 saturated carbocycles. The number of hydrogen-bond donors (Lipinski definition) is 2. The largest absolute Gasteiger partial charge is 0.349 e. The molecular weight excluding hydrogens is 260 g/mol. The lowest BCUT2D eigenvalue weighted by Crippen LogP contribution is -2.52. The maximum absolute atomic E-state index is 11.8. The number of hydrogen-bond acceptors (Lipinski definition) is 2. The van der Waals surface area contributed by atoms with Crippen molar-refractivity contribution in [3.63, 3.8) is 0 Å². The van der Waals surface area contributed by atoms with Crippen LogP contribution in [-0.4, -0.2) is 17.5 Å². The average molecular weight is 291 g/mol. The van der Waals surface area contributed by atoms with Crippen LogP contribution in [0.2, 0.25) is 0 Å². The first-order valence-electron chi connectivity index (χ1n) is 6.99. The molecule has 0 heterocycles. The van der Waals surface area contributed by atoms with Crippen molar-refractivity contribution >= 4 is 18.3 Å². The number of nitrogens with one attached hydrogen (secondary N) is 1. The highest BCUT2D eigenvalue weighted by Gasteiger charge is 2.32. The molecule has 0 aromatic heterocycles. The zero-order valence-electron chi connectivity index (χ0n) is 13.1. The molecule has 0 radical (unpaired) electrons. The Labute approximate surface area is 124 Å². The first-order valence-corrected chi connectivity index (χ1v) is 6.99. The van der Waals surface area contributed by atoms with Crippen LogP contribution in [0.1, 0.15) is 60.3 Å². The van der Waals surface area contributed by atoms with Crippen LogP contribution in [0.25, 0.3) is 0 Å². The van der Waals surface area contributed by atoms with Crippen LogP contribution in [0.15, 0.2) is 12.2 Å². The van der Waals surface area contributed by atoms with Crippen molar-refractivity contribution in [3.05, 3.63) is 12.2 Å². The van der Waals surface area contributed by atoms with Crippen molar-refractivity contribution < 1.29 is 4.79 Å². The van der Waals surface area contributed by atoms with Gasteiger partial charge in [-0.2, -0.15) is 0 Å². The van der Waals surface area contributed by atoms with Crippen molar-refractivity contribution in [2.24, 2.45) is 11.7 Å². The van der Waals surface area contributed by atoms with Gasteiger partial charge in [-0.3, -0.25) is 4.79 Å². The third-order valence-electron chi connectivity index (χ3n) is 3.45. The van der Waals surface area contributed by atoms with Crippen molar-refractivity contribution in [1.29, 1.82) is 0 Å². The van der Waals surface area contributed by atoms with E-state index in [0.717, 1.165) is 25.7 Å². The zero-order valence-corrected chi connectivity index (χ0v) is 13.9. The minimum atomic E-state index is -0.280. The van der Waals surface area contributed by atoms with Crippen LogP contribution in [0.4, 0.5) is 0 Å². The van der Waals surface area contributed by atoms with Gasteiger partial charge in [0.15, 0.2) is 0 Å². The number of halogens is 1. The molecule has 3 N–H and O–H groups in total. The fraction of sp³-hybridized carbons (Fsp3) is 0.800. The van der Waals surface area contributed by atoms with E-state index in [2.05, 4.69) is 25.7 Å². The minimum absolute atomic E-state index is 0. The summed E-state index contributed by atoms with van der Waals surface area (Å²) in [6.45, 7) is 13.8. The molecule has 0 fully saturated rings. The van der Waals surface area contributed by atoms with Gasteiger partial charge in [0.25, 0.3) is 0 Å². The van der Waals surface area contributed by atoms with E-state index >= 15 is 0 Å². The molecule has 1 amide bonds. The van der Waals surface area contributed by atoms with E-state index in [1.807, 2.05) is 13.8 Å². The number of unbranched alkanes of at least 4 members (excludes halogenated alkanes) is 1. The molecule has 2 atom stereocenters. The topological polar surface area (TPSA) is 55.1 Å². The first-order chi connectivity index (χ1) is 8.23. The molecule has 4 heteroatoms. The lowest BCUT2D eigenvalue weighted by molar-refractivity contribution is -0.118. The molecule has 0 saturated heterocycles. The molecule has 0 aromatic carbocycles. The number of carbonyl (C=O) groups is 1. The standard InChI is InChI=1S/C15H30N2O.ClH/c1-7-9-10-12(15(5,6)16)13(8-2)17-14(18)11(3)4;/h12-13H,3,7-10,16H2,1-2,4-6H3,(H,17,18);1H. The number of nitrogens with two attached hydrogens (primary N) is 1. The monoisotopic (exact) mass is 290 g/mol. The van der Waals surface area contributed by atoms with Crippen molar-refractivity contribution in [2.75, 3.05) is 0 Å². The summed E-state index contributed by atoms with van der Waals surface area (Å²) in [5, 5.41) is 3.06. The normalized spacial score (nSPS) is 14.2. The summed E-state index contributed by atoms with van der Waals surface area (Å²) in [4.78, 5) is 11.8. The quantitative estimate of drug-likeness (QED) is 0.673. The van der Waals surface area contributed by atoms with Crippen LogP contribution in [0.3, 0.4) is 0 Å². The predicted molar refractivity (Wildman–Crippen MR) is 85.6 cm³/mol. The van der Waals surface area contributed by atoms with Gasteiger partial charge in [-0.25, -0.2) is 0 Å². The SMILES string of the molecule is C=C(C)C(=O)NC(CC)C(CCCC)C(C)(C)N.Cl. The molecule has 19 heavy (non-hydrogen) atoms. The van der Waals surface area contributed by atoms with Crippen LogP contribution in [-0.2, 0) is 4.79 Å². The van der Waals surface area contributed by atoms with Gasteiger partial charge in [-0.1, -0.05) is 33.3 Å². The van der Waals surface area contributed by atoms with E-state index in [9.17, 15) is 4.79 Å². The van der Waals surface area contributed by atoms with E-state index < -0.39 is 0 Å². The lowest BCUT2D eigenvalue weighted by Gasteiger charge is -2.37. The van der Waals surface area contributed by atoms with E-state index in [4.69, 9.17) is 5.73 Å². The summed E-state index contributed by atoms with van der Waals surface area (Å²) in [6, 6.07) is 0.126. The van der Waals surface area contributed by atoms with Gasteiger partial charge in [0.1, 0.15) is 0 Å². The van der Waals surface area contributed by atoms with Gasteiger partial charge in [0.05, 0.1) is 0 Å². The summed E-state index contributed by atoms with van der Waals surface area (Å²) in [7, 11) is 0. The third kappa shape index (κ3) is 7.58. The van der Waals surface area contributed by atoms with Crippen molar-refractivity contribution in [2.45, 2.75) is 71.9 Å². The van der Waals surface area contributed by atoms with E-state index in [1.165, 1.54) is 0 Å². The van der Waals surface area contributed by atoms with Crippen LogP contribution >= 0.6 is 12.4 Å². The number of carbonyl (C=O) groups excluding carboxylic acids is 1. The van der Waals surface area contributed by atoms with Gasteiger partial charge in [-0.05, 0) is 39.5 Å². The second kappa shape index (κ2) is 9.38. The van der Waals surface area contributed by atoms with E-state index in [-0.39, 0.29) is 29.9 Å². The summed E-state index contributed by atoms with van der Waals surface area (Å²) in [5.41, 5.74) is 6.55. The van der Waals surface area contributed by atoms with Gasteiger partial charge >= 0.3 is 0 Å². The molecule has 0 aliphatic carbocycles. The number of rotatable bonds is 8. The summed E-state index contributed by atoms with van der Waals surface area (Å²) in [6.07, 6.45) is 4.24. The van der Waals surface area contributed by atoms with Crippen LogP contribution in [0.5, 0.6) is 0 Å². The second-order valence-corrected chi connectivity index (χ2v) is 5.84. The Hall–Kier alpha value is -0.540. The highest BCUT2D eigenvalue weighted by molar-refractivity contribution is 5.92. The average Bonchev–Trinajstić information content (AvgIpc) is 2.25. The van der Waals surface area contributed by atoms with Gasteiger partial charge in [-0.15, -0.1) is 12.4 Å². The van der Waals surface area contributed by atoms with Crippen molar-refractivity contribution in [1.82, 2.24) is 5.32 Å². The third-order valence-corrected chi connectivity index (χ3v) is 3.45. The Morgan fingerprint density at radius 1 is 1.37 bits per heavy atom. The zero-order chi connectivity index (χ0) is 14.3. The van der Waals surface area contributed by atoms with E-state index in [1.54, 1.807) is 6.92 Å². The Kier molecular flexibility index (Phi) is 10.3. The molecule has 0 aliphatic heterocycles. The second-order valence-electron chi connectivity index (χ2n) is 5.84. The van der Waals surface area contributed by atoms with Gasteiger partial charge in [0, 0.05) is 17.2 Å². The Morgan fingerprint density at radius 2 is 1.89 bits per heavy atom. The molecule has 0 aromatic rings. The first kappa shape index (κ1) is 20.8. The summed E-state index contributed by atoms with van der Waals surface area (Å²) >= 11 is 0. The Balaban J connectivity index is 0. The van der Waals surface area contributed by atoms with E-state index in [0.29, 0.717) is 11.5 Å². The van der Waals surface area contributed by atoms with Gasteiger partial charge in [0.2, 0.25) is 5.91 Å². The number of amides is 1. The predicted octanol–water partition coefficient (Wildman–Crippen LogP) is 3.42. The summed E-state index contributed by atoms with van der Waals surface area (Å²) in [5.74, 6) is 0.235. The lowest BCUT2D eigenvalue weighted by atomic mass is 9.78. The molecule has 3 nitrogen and oxygen atoms in total. The maximum Gasteiger partial charge on any atom is 0.246 e. The maximum atomic E-state index is 11.8. The molecule has 0 spiro atoms. The highest BCUT2D eigenvalue weighted by atomic mass is 35.5. The highest BCUT2D eigenvalue weighted by Crippen LogP contribution is 2.26. The fourth-order valence-corrected chi connectivity index (χ4v) is 2.29. The molecule has 0 bridgehead atoms. The molecular formula is C15H31ClN2O. The van der Waals surface area contributed by atoms with Gasteiger partial charge < -0.3 is 11.1 Å². The fourth-order valence-electron chi connectivity index (χ4n) is 2.29.